The molecule has 1 heteroatoms. The van der Waals surface area contributed by atoms with Gasteiger partial charge in [0.2, 0.25) is 0 Å². The number of hydrogen-bond acceptors (Lipinski definition) is 1. The summed E-state index contributed by atoms with van der Waals surface area (Å²) in [4.78, 5) is 2.10. The van der Waals surface area contributed by atoms with Gasteiger partial charge in [-0.15, -0.1) is 11.3 Å². The van der Waals surface area contributed by atoms with Gasteiger partial charge in [-0.3, -0.25) is 0 Å². The summed E-state index contributed by atoms with van der Waals surface area (Å²) in [5, 5.41) is 0. The molecule has 0 nitrogen and oxygen atoms in total. The molecule has 0 fully saturated rings. The zero-order valence-corrected chi connectivity index (χ0v) is 30.2. The standard InChI is InChI=1S/C54H36S/c1-3-13-36(14-4-1)38-23-27-40(28-24-38)53(41-29-25-39(26-30-41)37-15-5-2-6-16-37)52-34-33-51(55-52)42-31-32-46-45-19-9-12-22-49(45)54(50(46)35-42)47-20-10-7-17-43(47)44-18-8-11-21-48(44)54/h1-35,53H/i1D,2D,3D,4D,5D,6D,13D,14D,15D,16D. The monoisotopic (exact) mass is 726 g/mol. The van der Waals surface area contributed by atoms with Crippen LogP contribution in [0.1, 0.15) is 57.9 Å². The molecule has 0 N–H and O–H groups in total. The third-order valence-corrected chi connectivity index (χ3v) is 12.5. The highest BCUT2D eigenvalue weighted by molar-refractivity contribution is 7.15. The molecule has 0 aliphatic heterocycles. The van der Waals surface area contributed by atoms with Crippen molar-refractivity contribution in [2.75, 3.05) is 0 Å². The van der Waals surface area contributed by atoms with Crippen LogP contribution in [-0.2, 0) is 5.41 Å². The van der Waals surface area contributed by atoms with Crippen LogP contribution in [0, 0.1) is 0 Å². The van der Waals surface area contributed by atoms with E-state index in [0.29, 0.717) is 11.1 Å². The molecular weight excluding hydrogens is 681 g/mol. The molecule has 11 rings (SSSR count). The Hall–Kier alpha value is -6.54. The molecule has 1 spiro atoms. The number of thiophene rings is 1. The SMILES string of the molecule is [2H]c1c([2H])c([2H])c(-c2ccc(C(c3ccc(-c4c([2H])c([2H])c([2H])c([2H])c4[2H])cc3)c3ccc(-c4ccc5c(c4)C4(c6ccccc6-c6ccccc64)c4ccccc4-5)s3)cc2)c([2H])c1[2H]. The molecule has 0 radical (unpaired) electrons. The lowest BCUT2D eigenvalue weighted by Gasteiger charge is -2.30. The van der Waals surface area contributed by atoms with E-state index in [9.17, 15) is 0 Å². The zero-order chi connectivity index (χ0) is 45.1. The van der Waals surface area contributed by atoms with Crippen molar-refractivity contribution >= 4 is 11.3 Å². The average Bonchev–Trinajstić information content (AvgIpc) is 4.03. The predicted molar refractivity (Wildman–Crippen MR) is 231 cm³/mol. The molecule has 0 saturated carbocycles. The Balaban J connectivity index is 1.05. The predicted octanol–water partition coefficient (Wildman–Crippen LogP) is 14.3. The van der Waals surface area contributed by atoms with Gasteiger partial charge >= 0.3 is 0 Å². The fourth-order valence-electron chi connectivity index (χ4n) is 8.91. The quantitative estimate of drug-likeness (QED) is 0.160. The Morgan fingerprint density at radius 1 is 0.382 bits per heavy atom. The molecule has 0 bridgehead atoms. The van der Waals surface area contributed by atoms with Crippen molar-refractivity contribution < 1.29 is 13.7 Å². The number of rotatable bonds is 6. The molecule has 9 aromatic rings. The maximum atomic E-state index is 8.60. The Labute approximate surface area is 340 Å². The van der Waals surface area contributed by atoms with Crippen LogP contribution in [0.4, 0.5) is 0 Å². The van der Waals surface area contributed by atoms with Gasteiger partial charge in [-0.2, -0.15) is 0 Å². The number of benzene rings is 8. The largest absolute Gasteiger partial charge is 0.139 e. The molecule has 0 saturated heterocycles. The smallest absolute Gasteiger partial charge is 0.0725 e. The number of hydrogen-bond donors (Lipinski definition) is 0. The van der Waals surface area contributed by atoms with Crippen molar-refractivity contribution in [2.45, 2.75) is 11.3 Å². The highest BCUT2D eigenvalue weighted by atomic mass is 32.1. The van der Waals surface area contributed by atoms with E-state index < -0.39 is 41.7 Å². The molecule has 1 heterocycles. The van der Waals surface area contributed by atoms with Crippen molar-refractivity contribution in [2.24, 2.45) is 0 Å². The summed E-state index contributed by atoms with van der Waals surface area (Å²) in [6, 6.07) is 48.7. The minimum atomic E-state index is -0.484. The van der Waals surface area contributed by atoms with E-state index in [0.717, 1.165) is 26.4 Å². The molecule has 1 aromatic heterocycles. The summed E-state index contributed by atoms with van der Waals surface area (Å²) >= 11 is 1.68. The average molecular weight is 727 g/mol. The topological polar surface area (TPSA) is 0 Å². The van der Waals surface area contributed by atoms with Crippen molar-refractivity contribution in [1.29, 1.82) is 0 Å². The van der Waals surface area contributed by atoms with Crippen LogP contribution in [0.15, 0.2) is 212 Å². The lowest BCUT2D eigenvalue weighted by molar-refractivity contribution is 0.794. The maximum absolute atomic E-state index is 8.60. The van der Waals surface area contributed by atoms with E-state index in [-0.39, 0.29) is 41.2 Å². The molecular formula is C54H36S. The molecule has 0 unspecified atom stereocenters. The van der Waals surface area contributed by atoms with Gasteiger partial charge in [-0.05, 0) is 102 Å². The van der Waals surface area contributed by atoms with Crippen molar-refractivity contribution in [3.63, 3.8) is 0 Å². The molecule has 55 heavy (non-hydrogen) atoms. The minimum Gasteiger partial charge on any atom is -0.139 e. The van der Waals surface area contributed by atoms with Gasteiger partial charge in [-0.25, -0.2) is 0 Å². The Kier molecular flexibility index (Phi) is 5.42. The third kappa shape index (κ3) is 4.97. The fraction of sp³-hybridized carbons (Fsp3) is 0.0370. The number of fused-ring (bicyclic) bond motifs is 10. The van der Waals surface area contributed by atoms with Crippen molar-refractivity contribution in [3.8, 4) is 54.9 Å². The second kappa shape index (κ2) is 12.8. The maximum Gasteiger partial charge on any atom is 0.0725 e. The van der Waals surface area contributed by atoms with Gasteiger partial charge in [0.05, 0.1) is 19.1 Å². The van der Waals surface area contributed by atoms with Gasteiger partial charge in [0.15, 0.2) is 0 Å². The van der Waals surface area contributed by atoms with Crippen molar-refractivity contribution in [3.05, 3.63) is 250 Å². The molecule has 0 atom stereocenters. The first-order valence-corrected chi connectivity index (χ1v) is 19.1. The first-order valence-electron chi connectivity index (χ1n) is 23.3. The van der Waals surface area contributed by atoms with Gasteiger partial charge < -0.3 is 0 Å². The summed E-state index contributed by atoms with van der Waals surface area (Å²) in [5.41, 5.74) is 13.6. The van der Waals surface area contributed by atoms with E-state index >= 15 is 0 Å². The summed E-state index contributed by atoms with van der Waals surface area (Å²) < 4.78 is 83.6. The van der Waals surface area contributed by atoms with Gasteiger partial charge in [0.1, 0.15) is 0 Å². The lowest BCUT2D eigenvalue weighted by atomic mass is 9.70. The lowest BCUT2D eigenvalue weighted by Crippen LogP contribution is -2.25. The van der Waals surface area contributed by atoms with Gasteiger partial charge in [0, 0.05) is 15.7 Å². The third-order valence-electron chi connectivity index (χ3n) is 11.3. The van der Waals surface area contributed by atoms with Crippen LogP contribution >= 0.6 is 11.3 Å². The minimum absolute atomic E-state index is 0.129. The van der Waals surface area contributed by atoms with Crippen LogP contribution in [-0.4, -0.2) is 0 Å². The first-order chi connectivity index (χ1) is 31.4. The summed E-state index contributed by atoms with van der Waals surface area (Å²) in [6.07, 6.45) is 0. The second-order valence-electron chi connectivity index (χ2n) is 14.0. The highest BCUT2D eigenvalue weighted by Crippen LogP contribution is 2.63. The van der Waals surface area contributed by atoms with Crippen LogP contribution < -0.4 is 0 Å². The Morgan fingerprint density at radius 3 is 1.31 bits per heavy atom. The van der Waals surface area contributed by atoms with E-state index in [4.69, 9.17) is 13.7 Å². The fourth-order valence-corrected chi connectivity index (χ4v) is 10.1. The molecule has 2 aliphatic rings. The van der Waals surface area contributed by atoms with Gasteiger partial charge in [0.25, 0.3) is 0 Å². The van der Waals surface area contributed by atoms with Crippen LogP contribution in [0.5, 0.6) is 0 Å². The summed E-state index contributed by atoms with van der Waals surface area (Å²) in [7, 11) is 0. The van der Waals surface area contributed by atoms with Crippen molar-refractivity contribution in [1.82, 2.24) is 0 Å². The first kappa shape index (κ1) is 23.3. The normalized spacial score (nSPS) is 15.6. The Bertz CT molecular complexity index is 3210. The highest BCUT2D eigenvalue weighted by Gasteiger charge is 2.51. The van der Waals surface area contributed by atoms with Crippen LogP contribution in [0.25, 0.3) is 54.9 Å². The van der Waals surface area contributed by atoms with E-state index in [1.807, 2.05) is 24.3 Å². The molecule has 2 aliphatic carbocycles. The zero-order valence-electron chi connectivity index (χ0n) is 39.4. The molecule has 0 amide bonds. The van der Waals surface area contributed by atoms with Crippen LogP contribution in [0.2, 0.25) is 0 Å². The van der Waals surface area contributed by atoms with Crippen LogP contribution in [0.3, 0.4) is 0 Å². The molecule has 8 aromatic carbocycles. The van der Waals surface area contributed by atoms with E-state index in [1.54, 1.807) is 35.6 Å². The van der Waals surface area contributed by atoms with E-state index in [1.165, 1.54) is 44.5 Å². The Morgan fingerprint density at radius 2 is 0.818 bits per heavy atom. The second-order valence-corrected chi connectivity index (χ2v) is 15.1. The summed E-state index contributed by atoms with van der Waals surface area (Å²) in [5.74, 6) is -0.324. The molecule has 258 valence electrons. The van der Waals surface area contributed by atoms with E-state index in [2.05, 4.69) is 103 Å². The van der Waals surface area contributed by atoms with Gasteiger partial charge in [-0.1, -0.05) is 194 Å². The summed E-state index contributed by atoms with van der Waals surface area (Å²) in [6.45, 7) is 0.